The maximum Gasteiger partial charge on any atom is 0.411 e. The normalized spacial score (nSPS) is 30.7. The first-order chi connectivity index (χ1) is 18.4. The van der Waals surface area contributed by atoms with Crippen LogP contribution in [-0.4, -0.2) is 87.5 Å². The Morgan fingerprint density at radius 1 is 1.18 bits per heavy atom. The summed E-state index contributed by atoms with van der Waals surface area (Å²) in [7, 11) is 0. The van der Waals surface area contributed by atoms with Gasteiger partial charge in [-0.15, -0.1) is 0 Å². The molecule has 8 nitrogen and oxygen atoms in total. The lowest BCUT2D eigenvalue weighted by atomic mass is 9.95. The van der Waals surface area contributed by atoms with Crippen LogP contribution in [0.4, 0.5) is 23.8 Å². The van der Waals surface area contributed by atoms with Crippen molar-refractivity contribution >= 4 is 22.8 Å². The molecule has 0 N–H and O–H groups in total. The van der Waals surface area contributed by atoms with Crippen molar-refractivity contribution in [3.8, 4) is 6.01 Å². The zero-order valence-electron chi connectivity index (χ0n) is 23.0. The molecule has 1 aromatic heterocycles. The predicted molar refractivity (Wildman–Crippen MR) is 140 cm³/mol. The Labute approximate surface area is 226 Å². The van der Waals surface area contributed by atoms with Gasteiger partial charge < -0.3 is 14.4 Å². The molecule has 4 aliphatic rings. The van der Waals surface area contributed by atoms with Crippen LogP contribution in [-0.2, 0) is 4.74 Å². The minimum absolute atomic E-state index is 0.0152. The fourth-order valence-corrected chi connectivity index (χ4v) is 7.14. The number of benzene rings is 1. The van der Waals surface area contributed by atoms with Gasteiger partial charge in [0.05, 0.1) is 17.1 Å². The molecule has 0 spiro atoms. The topological polar surface area (TPSA) is 71.0 Å². The first kappa shape index (κ1) is 26.4. The van der Waals surface area contributed by atoms with Crippen molar-refractivity contribution in [2.45, 2.75) is 88.7 Å². The summed E-state index contributed by atoms with van der Waals surface area (Å²) < 4.78 is 55.4. The summed E-state index contributed by atoms with van der Waals surface area (Å²) in [4.78, 5) is 28.0. The predicted octanol–water partition coefficient (Wildman–Crippen LogP) is 4.84. The quantitative estimate of drug-likeness (QED) is 0.543. The number of amides is 1. The average molecular weight is 548 g/mol. The Hall–Kier alpha value is -2.82. The maximum absolute atomic E-state index is 15.0. The smallest absolute Gasteiger partial charge is 0.411 e. The molecule has 0 radical (unpaired) electrons. The third-order valence-corrected chi connectivity index (χ3v) is 8.72. The van der Waals surface area contributed by atoms with Gasteiger partial charge >= 0.3 is 12.1 Å². The molecular weight excluding hydrogens is 511 g/mol. The van der Waals surface area contributed by atoms with E-state index in [1.807, 2.05) is 37.5 Å². The molecule has 11 heteroatoms. The fourth-order valence-electron chi connectivity index (χ4n) is 7.14. The molecule has 1 amide bonds. The highest BCUT2D eigenvalue weighted by Crippen LogP contribution is 2.43. The molecule has 4 fully saturated rings. The molecule has 0 saturated carbocycles. The van der Waals surface area contributed by atoms with Gasteiger partial charge in [0.25, 0.3) is 0 Å². The SMILES string of the molecule is CC(C)(C)OC(=O)N1C2CC[C@]1(C)CN(c1nc(OCC34CCCN3C[C@H](F)C4)nc3c(F)cc(F)cc13)C2. The van der Waals surface area contributed by atoms with Gasteiger partial charge in [0.1, 0.15) is 35.5 Å². The second-order valence-corrected chi connectivity index (χ2v) is 12.9. The number of piperazine rings is 1. The highest BCUT2D eigenvalue weighted by molar-refractivity contribution is 5.90. The minimum atomic E-state index is -0.903. The van der Waals surface area contributed by atoms with E-state index in [-0.39, 0.29) is 35.7 Å². The fraction of sp³-hybridized carbons (Fsp3) is 0.679. The van der Waals surface area contributed by atoms with Crippen molar-refractivity contribution in [1.29, 1.82) is 0 Å². The summed E-state index contributed by atoms with van der Waals surface area (Å²) in [6, 6.07) is 1.89. The number of hydrogen-bond acceptors (Lipinski definition) is 7. The van der Waals surface area contributed by atoms with E-state index in [4.69, 9.17) is 9.47 Å². The number of fused-ring (bicyclic) bond motifs is 4. The van der Waals surface area contributed by atoms with Crippen LogP contribution in [0.15, 0.2) is 12.1 Å². The van der Waals surface area contributed by atoms with Crippen LogP contribution in [0, 0.1) is 11.6 Å². The summed E-state index contributed by atoms with van der Waals surface area (Å²) in [5.41, 5.74) is -1.60. The third-order valence-electron chi connectivity index (χ3n) is 8.72. The Morgan fingerprint density at radius 3 is 2.72 bits per heavy atom. The molecule has 4 atom stereocenters. The lowest BCUT2D eigenvalue weighted by Crippen LogP contribution is -2.63. The molecule has 2 bridgehead atoms. The first-order valence-corrected chi connectivity index (χ1v) is 13.8. The van der Waals surface area contributed by atoms with Gasteiger partial charge in [-0.2, -0.15) is 9.97 Å². The number of rotatable bonds is 4. The van der Waals surface area contributed by atoms with E-state index in [9.17, 15) is 13.6 Å². The van der Waals surface area contributed by atoms with E-state index < -0.39 is 34.5 Å². The summed E-state index contributed by atoms with van der Waals surface area (Å²) in [6.07, 6.45) is 2.47. The summed E-state index contributed by atoms with van der Waals surface area (Å²) in [5.74, 6) is -1.16. The second-order valence-electron chi connectivity index (χ2n) is 12.9. The van der Waals surface area contributed by atoms with Crippen LogP contribution in [0.25, 0.3) is 10.9 Å². The molecule has 2 aromatic rings. The van der Waals surface area contributed by atoms with Crippen LogP contribution < -0.4 is 9.64 Å². The number of nitrogens with zero attached hydrogens (tertiary/aromatic N) is 5. The zero-order chi connectivity index (χ0) is 27.7. The third kappa shape index (κ3) is 4.66. The van der Waals surface area contributed by atoms with Gasteiger partial charge in [-0.05, 0) is 66.0 Å². The Balaban J connectivity index is 1.32. The van der Waals surface area contributed by atoms with Gasteiger partial charge in [0.2, 0.25) is 0 Å². The Kier molecular flexibility index (Phi) is 6.17. The summed E-state index contributed by atoms with van der Waals surface area (Å²) >= 11 is 0. The number of halogens is 3. The van der Waals surface area contributed by atoms with Crippen LogP contribution in [0.5, 0.6) is 6.01 Å². The van der Waals surface area contributed by atoms with Gasteiger partial charge in [-0.1, -0.05) is 0 Å². The monoisotopic (exact) mass is 547 g/mol. The molecule has 4 aliphatic heterocycles. The summed E-state index contributed by atoms with van der Waals surface area (Å²) in [6.45, 7) is 9.78. The van der Waals surface area contributed by atoms with Crippen LogP contribution >= 0.6 is 0 Å². The standard InChI is InChI=1S/C28H36F3N5O3/c1-26(2,3)39-25(37)36-19-6-8-27(36,4)15-34(14-19)23-20-10-17(29)11-21(31)22(20)32-24(33-23)38-16-28-7-5-9-35(28)13-18(30)12-28/h10-11,18-19H,5-9,12-16H2,1-4H3/t18-,19?,27-,28?/m1/s1. The van der Waals surface area contributed by atoms with Crippen molar-refractivity contribution in [2.75, 3.05) is 37.7 Å². The number of aromatic nitrogens is 2. The van der Waals surface area contributed by atoms with Crippen LogP contribution in [0.3, 0.4) is 0 Å². The highest BCUT2D eigenvalue weighted by atomic mass is 19.1. The average Bonchev–Trinajstić information content (AvgIpc) is 3.42. The largest absolute Gasteiger partial charge is 0.461 e. The van der Waals surface area contributed by atoms with Crippen molar-refractivity contribution in [3.63, 3.8) is 0 Å². The molecule has 212 valence electrons. The van der Waals surface area contributed by atoms with Crippen molar-refractivity contribution in [2.24, 2.45) is 0 Å². The number of hydrogen-bond donors (Lipinski definition) is 0. The molecule has 39 heavy (non-hydrogen) atoms. The minimum Gasteiger partial charge on any atom is -0.461 e. The number of carbonyl (C=O) groups is 1. The van der Waals surface area contributed by atoms with E-state index >= 15 is 4.39 Å². The Morgan fingerprint density at radius 2 is 1.97 bits per heavy atom. The van der Waals surface area contributed by atoms with E-state index in [1.165, 1.54) is 6.07 Å². The van der Waals surface area contributed by atoms with E-state index in [1.54, 1.807) is 0 Å². The van der Waals surface area contributed by atoms with Crippen molar-refractivity contribution < 1.29 is 27.4 Å². The number of carbonyl (C=O) groups excluding carboxylic acids is 1. The lowest BCUT2D eigenvalue weighted by Gasteiger charge is -2.47. The maximum atomic E-state index is 15.0. The van der Waals surface area contributed by atoms with Gasteiger partial charge in [0.15, 0.2) is 5.82 Å². The Bertz CT molecular complexity index is 1310. The number of alkyl halides is 1. The van der Waals surface area contributed by atoms with E-state index in [0.717, 1.165) is 38.3 Å². The molecule has 6 rings (SSSR count). The molecular formula is C28H36F3N5O3. The molecule has 5 heterocycles. The van der Waals surface area contributed by atoms with E-state index in [2.05, 4.69) is 14.9 Å². The van der Waals surface area contributed by atoms with Gasteiger partial charge in [-0.25, -0.2) is 18.0 Å². The molecule has 2 unspecified atom stereocenters. The molecule has 4 saturated heterocycles. The van der Waals surface area contributed by atoms with Crippen molar-refractivity contribution in [3.05, 3.63) is 23.8 Å². The van der Waals surface area contributed by atoms with Crippen LogP contribution in [0.1, 0.15) is 59.8 Å². The highest BCUT2D eigenvalue weighted by Gasteiger charge is 2.53. The van der Waals surface area contributed by atoms with Crippen LogP contribution in [0.2, 0.25) is 0 Å². The second kappa shape index (κ2) is 9.11. The van der Waals surface area contributed by atoms with Gasteiger partial charge in [-0.3, -0.25) is 9.80 Å². The number of anilines is 1. The van der Waals surface area contributed by atoms with Crippen molar-refractivity contribution in [1.82, 2.24) is 19.8 Å². The summed E-state index contributed by atoms with van der Waals surface area (Å²) in [5, 5.41) is 0.249. The van der Waals surface area contributed by atoms with Gasteiger partial charge in [0, 0.05) is 37.5 Å². The lowest BCUT2D eigenvalue weighted by molar-refractivity contribution is -0.00280. The molecule has 0 aliphatic carbocycles. The van der Waals surface area contributed by atoms with E-state index in [0.29, 0.717) is 31.9 Å². The first-order valence-electron chi connectivity index (χ1n) is 13.8. The molecule has 1 aromatic carbocycles. The number of ether oxygens (including phenoxy) is 2. The zero-order valence-corrected chi connectivity index (χ0v) is 23.0.